The Morgan fingerprint density at radius 1 is 1.75 bits per heavy atom. The molecule has 12 heavy (non-hydrogen) atoms. The van der Waals surface area contributed by atoms with Gasteiger partial charge < -0.3 is 10.4 Å². The molecule has 1 rings (SSSR count). The molecular formula is C7H9NO2S2. The molecule has 0 saturated heterocycles. The van der Waals surface area contributed by atoms with Crippen molar-refractivity contribution in [1.82, 2.24) is 5.32 Å². The highest BCUT2D eigenvalue weighted by Gasteiger charge is 1.95. The summed E-state index contributed by atoms with van der Waals surface area (Å²) in [5.41, 5.74) is 0. The lowest BCUT2D eigenvalue weighted by atomic mass is 10.7. The summed E-state index contributed by atoms with van der Waals surface area (Å²) in [6.45, 7) is 0.498. The molecule has 1 aromatic rings. The van der Waals surface area contributed by atoms with Crippen LogP contribution in [0, 0.1) is 0 Å². The van der Waals surface area contributed by atoms with Crippen LogP contribution in [0.2, 0.25) is 0 Å². The first-order valence-electron chi connectivity index (χ1n) is 3.42. The molecule has 0 atom stereocenters. The summed E-state index contributed by atoms with van der Waals surface area (Å²) >= 11 is 3.33. The first-order valence-corrected chi connectivity index (χ1v) is 5.28. The van der Waals surface area contributed by atoms with E-state index < -0.39 is 6.09 Å². The highest BCUT2D eigenvalue weighted by Crippen LogP contribution is 2.22. The SMILES string of the molecule is O=C(O)NCCSc1cccs1. The zero-order valence-electron chi connectivity index (χ0n) is 6.32. The number of hydrogen-bond acceptors (Lipinski definition) is 3. The predicted octanol–water partition coefficient (Wildman–Crippen LogP) is 2.11. The Morgan fingerprint density at radius 2 is 2.58 bits per heavy atom. The van der Waals surface area contributed by atoms with Crippen LogP contribution in [0.1, 0.15) is 0 Å². The van der Waals surface area contributed by atoms with Gasteiger partial charge in [-0.3, -0.25) is 0 Å². The average Bonchev–Trinajstić information content (AvgIpc) is 2.49. The summed E-state index contributed by atoms with van der Waals surface area (Å²) in [5.74, 6) is 0.785. The summed E-state index contributed by atoms with van der Waals surface area (Å²) in [5, 5.41) is 12.6. The molecule has 5 heteroatoms. The van der Waals surface area contributed by atoms with E-state index in [4.69, 9.17) is 5.11 Å². The fourth-order valence-electron chi connectivity index (χ4n) is 0.655. The number of rotatable bonds is 4. The van der Waals surface area contributed by atoms with E-state index in [0.29, 0.717) is 6.54 Å². The smallest absolute Gasteiger partial charge is 0.404 e. The molecule has 3 nitrogen and oxygen atoms in total. The molecule has 0 bridgehead atoms. The van der Waals surface area contributed by atoms with Gasteiger partial charge in [0.05, 0.1) is 4.21 Å². The number of thioether (sulfide) groups is 1. The topological polar surface area (TPSA) is 49.3 Å². The van der Waals surface area contributed by atoms with E-state index in [1.807, 2.05) is 17.5 Å². The molecule has 2 N–H and O–H groups in total. The van der Waals surface area contributed by atoms with Crippen molar-refractivity contribution in [3.63, 3.8) is 0 Å². The molecule has 0 radical (unpaired) electrons. The van der Waals surface area contributed by atoms with Crippen molar-refractivity contribution >= 4 is 29.2 Å². The largest absolute Gasteiger partial charge is 0.465 e. The molecule has 0 unspecified atom stereocenters. The Kier molecular flexibility index (Phi) is 3.96. The molecule has 0 fully saturated rings. The monoisotopic (exact) mass is 203 g/mol. The fourth-order valence-corrected chi connectivity index (χ4v) is 2.37. The van der Waals surface area contributed by atoms with Crippen LogP contribution in [0.15, 0.2) is 21.7 Å². The first-order chi connectivity index (χ1) is 5.79. The maximum Gasteiger partial charge on any atom is 0.404 e. The molecule has 0 spiro atoms. The van der Waals surface area contributed by atoms with Gasteiger partial charge in [-0.2, -0.15) is 0 Å². The molecular weight excluding hydrogens is 194 g/mol. The third kappa shape index (κ3) is 3.64. The minimum Gasteiger partial charge on any atom is -0.465 e. The van der Waals surface area contributed by atoms with Crippen LogP contribution < -0.4 is 5.32 Å². The number of nitrogens with one attached hydrogen (secondary N) is 1. The number of amides is 1. The Hall–Kier alpha value is -0.680. The second-order valence-corrected chi connectivity index (χ2v) is 4.36. The molecule has 0 aliphatic heterocycles. The minimum atomic E-state index is -0.957. The Morgan fingerprint density at radius 3 is 3.17 bits per heavy atom. The van der Waals surface area contributed by atoms with Gasteiger partial charge in [-0.25, -0.2) is 4.79 Å². The van der Waals surface area contributed by atoms with Gasteiger partial charge in [0, 0.05) is 12.3 Å². The fraction of sp³-hybridized carbons (Fsp3) is 0.286. The summed E-state index contributed by atoms with van der Waals surface area (Å²) < 4.78 is 1.22. The van der Waals surface area contributed by atoms with E-state index >= 15 is 0 Å². The van der Waals surface area contributed by atoms with Gasteiger partial charge in [0.2, 0.25) is 0 Å². The van der Waals surface area contributed by atoms with Gasteiger partial charge >= 0.3 is 6.09 Å². The van der Waals surface area contributed by atoms with Crippen molar-refractivity contribution in [3.05, 3.63) is 17.5 Å². The highest BCUT2D eigenvalue weighted by molar-refractivity contribution is 8.01. The number of thiophene rings is 1. The molecule has 0 aromatic carbocycles. The van der Waals surface area contributed by atoms with Crippen molar-refractivity contribution in [3.8, 4) is 0 Å². The van der Waals surface area contributed by atoms with Gasteiger partial charge in [-0.05, 0) is 11.4 Å². The summed E-state index contributed by atoms with van der Waals surface area (Å²) in [4.78, 5) is 10.0. The second kappa shape index (κ2) is 5.05. The highest BCUT2D eigenvalue weighted by atomic mass is 32.2. The van der Waals surface area contributed by atoms with Crippen molar-refractivity contribution in [1.29, 1.82) is 0 Å². The first kappa shape index (κ1) is 9.41. The normalized spacial score (nSPS) is 9.67. The minimum absolute atomic E-state index is 0.498. The molecule has 0 aliphatic rings. The zero-order valence-corrected chi connectivity index (χ0v) is 7.95. The summed E-state index contributed by atoms with van der Waals surface area (Å²) in [6.07, 6.45) is -0.957. The third-order valence-corrected chi connectivity index (χ3v) is 3.25. The molecule has 1 aromatic heterocycles. The maximum atomic E-state index is 10.0. The lowest BCUT2D eigenvalue weighted by molar-refractivity contribution is 0.195. The summed E-state index contributed by atoms with van der Waals surface area (Å²) in [7, 11) is 0. The van der Waals surface area contributed by atoms with E-state index in [-0.39, 0.29) is 0 Å². The number of hydrogen-bond donors (Lipinski definition) is 2. The second-order valence-electron chi connectivity index (χ2n) is 2.01. The quantitative estimate of drug-likeness (QED) is 0.582. The van der Waals surface area contributed by atoms with Crippen LogP contribution in [0.5, 0.6) is 0 Å². The van der Waals surface area contributed by atoms with E-state index in [1.165, 1.54) is 4.21 Å². The predicted molar refractivity (Wildman–Crippen MR) is 51.1 cm³/mol. The van der Waals surface area contributed by atoms with Crippen molar-refractivity contribution in [2.24, 2.45) is 0 Å². The van der Waals surface area contributed by atoms with Gasteiger partial charge in [-0.15, -0.1) is 23.1 Å². The molecule has 1 heterocycles. The van der Waals surface area contributed by atoms with Crippen LogP contribution in [0.4, 0.5) is 4.79 Å². The number of carboxylic acid groups (broad SMARTS) is 1. The zero-order chi connectivity index (χ0) is 8.81. The standard InChI is InChI=1S/C7H9NO2S2/c9-7(10)8-3-5-12-6-2-1-4-11-6/h1-2,4,8H,3,5H2,(H,9,10). The lowest BCUT2D eigenvalue weighted by Crippen LogP contribution is -2.23. The lowest BCUT2D eigenvalue weighted by Gasteiger charge is -1.98. The van der Waals surface area contributed by atoms with Crippen molar-refractivity contribution < 1.29 is 9.90 Å². The van der Waals surface area contributed by atoms with Gasteiger partial charge in [-0.1, -0.05) is 6.07 Å². The molecule has 0 saturated carbocycles. The van der Waals surface area contributed by atoms with E-state index in [1.54, 1.807) is 23.1 Å². The Balaban J connectivity index is 2.07. The van der Waals surface area contributed by atoms with Crippen LogP contribution >= 0.6 is 23.1 Å². The van der Waals surface area contributed by atoms with E-state index in [2.05, 4.69) is 5.32 Å². The maximum absolute atomic E-state index is 10.0. The average molecular weight is 203 g/mol. The van der Waals surface area contributed by atoms with Crippen LogP contribution in [-0.2, 0) is 0 Å². The van der Waals surface area contributed by atoms with Crippen molar-refractivity contribution in [2.45, 2.75) is 4.21 Å². The molecule has 66 valence electrons. The van der Waals surface area contributed by atoms with Gasteiger partial charge in [0.15, 0.2) is 0 Å². The molecule has 0 aliphatic carbocycles. The molecule has 1 amide bonds. The van der Waals surface area contributed by atoms with Gasteiger partial charge in [0.25, 0.3) is 0 Å². The number of carbonyl (C=O) groups is 1. The van der Waals surface area contributed by atoms with E-state index in [9.17, 15) is 4.79 Å². The summed E-state index contributed by atoms with van der Waals surface area (Å²) in [6, 6.07) is 4.01. The van der Waals surface area contributed by atoms with Crippen LogP contribution in [0.25, 0.3) is 0 Å². The van der Waals surface area contributed by atoms with Gasteiger partial charge in [0.1, 0.15) is 0 Å². The Bertz CT molecular complexity index is 236. The van der Waals surface area contributed by atoms with Crippen LogP contribution in [0.3, 0.4) is 0 Å². The van der Waals surface area contributed by atoms with E-state index in [0.717, 1.165) is 5.75 Å². The van der Waals surface area contributed by atoms with Crippen molar-refractivity contribution in [2.75, 3.05) is 12.3 Å². The van der Waals surface area contributed by atoms with Crippen LogP contribution in [-0.4, -0.2) is 23.5 Å². The Labute approximate surface area is 78.8 Å². The third-order valence-electron chi connectivity index (χ3n) is 1.12.